The van der Waals surface area contributed by atoms with Gasteiger partial charge in [-0.15, -0.1) is 0 Å². The van der Waals surface area contributed by atoms with Crippen LogP contribution in [0.3, 0.4) is 0 Å². The van der Waals surface area contributed by atoms with Gasteiger partial charge < -0.3 is 0 Å². The molecule has 2 aliphatic rings. The van der Waals surface area contributed by atoms with Crippen LogP contribution in [-0.4, -0.2) is 0 Å². The summed E-state index contributed by atoms with van der Waals surface area (Å²) in [5.41, 5.74) is 6.63. The van der Waals surface area contributed by atoms with Crippen LogP contribution >= 0.6 is 0 Å². The van der Waals surface area contributed by atoms with E-state index in [0.717, 1.165) is 6.42 Å². The highest BCUT2D eigenvalue weighted by Crippen LogP contribution is 2.46. The molecule has 0 amide bonds. The Kier molecular flexibility index (Phi) is 2.74. The van der Waals surface area contributed by atoms with Crippen molar-refractivity contribution in [3.05, 3.63) is 53.1 Å². The van der Waals surface area contributed by atoms with Crippen molar-refractivity contribution in [2.24, 2.45) is 0 Å². The molecule has 2 aliphatic carbocycles. The lowest BCUT2D eigenvalue weighted by Crippen LogP contribution is -2.33. The van der Waals surface area contributed by atoms with Crippen LogP contribution in [0, 0.1) is 0 Å². The van der Waals surface area contributed by atoms with E-state index in [1.165, 1.54) is 24.0 Å². The predicted octanol–water partition coefficient (Wildman–Crippen LogP) is 5.38. The average molecular weight is 252 g/mol. The minimum atomic E-state index is 0.313. The molecule has 0 nitrogen and oxygen atoms in total. The van der Waals surface area contributed by atoms with Gasteiger partial charge in [-0.2, -0.15) is 0 Å². The van der Waals surface area contributed by atoms with Crippen LogP contribution in [0.1, 0.15) is 63.6 Å². The zero-order chi connectivity index (χ0) is 13.7. The molecule has 0 aliphatic heterocycles. The molecule has 0 spiro atoms. The number of rotatable bonds is 1. The molecule has 1 aromatic carbocycles. The van der Waals surface area contributed by atoms with Crippen LogP contribution in [0.15, 0.2) is 36.4 Å². The van der Waals surface area contributed by atoms with E-state index in [1.54, 1.807) is 11.1 Å². The highest BCUT2D eigenvalue weighted by molar-refractivity contribution is 5.72. The molecule has 0 unspecified atom stereocenters. The molecule has 0 heterocycles. The minimum absolute atomic E-state index is 0.313. The minimum Gasteiger partial charge on any atom is -0.0801 e. The van der Waals surface area contributed by atoms with Crippen LogP contribution in [0.4, 0.5) is 0 Å². The lowest BCUT2D eigenvalue weighted by Gasteiger charge is -2.42. The molecule has 100 valence electrons. The molecule has 0 N–H and O–H groups in total. The molecule has 0 saturated carbocycles. The van der Waals surface area contributed by atoms with Crippen LogP contribution < -0.4 is 0 Å². The fourth-order valence-electron chi connectivity index (χ4n) is 3.45. The zero-order valence-corrected chi connectivity index (χ0v) is 12.6. The second kappa shape index (κ2) is 4.10. The normalized spacial score (nSPS) is 23.1. The highest BCUT2D eigenvalue weighted by Gasteiger charge is 2.36. The maximum atomic E-state index is 2.45. The molecule has 0 fully saturated rings. The molecule has 0 heteroatoms. The number of hydrogen-bond donors (Lipinski definition) is 0. The SMILES string of the molecule is CC1(C)CCC(C)(C)c2cc(C3=CC=CC3)ccc21. The fourth-order valence-corrected chi connectivity index (χ4v) is 3.45. The quantitative estimate of drug-likeness (QED) is 0.629. The molecule has 0 aromatic heterocycles. The van der Waals surface area contributed by atoms with E-state index in [-0.39, 0.29) is 0 Å². The van der Waals surface area contributed by atoms with Crippen LogP contribution in [0.2, 0.25) is 0 Å². The molecule has 0 saturated heterocycles. The summed E-state index contributed by atoms with van der Waals surface area (Å²) in [7, 11) is 0. The van der Waals surface area contributed by atoms with Gasteiger partial charge in [0.25, 0.3) is 0 Å². The van der Waals surface area contributed by atoms with Gasteiger partial charge in [-0.25, -0.2) is 0 Å². The van der Waals surface area contributed by atoms with E-state index in [9.17, 15) is 0 Å². The Bertz CT molecular complexity index is 568. The summed E-state index contributed by atoms with van der Waals surface area (Å²) >= 11 is 0. The Morgan fingerprint density at radius 2 is 1.58 bits per heavy atom. The van der Waals surface area contributed by atoms with Gasteiger partial charge in [-0.1, -0.05) is 64.1 Å². The van der Waals surface area contributed by atoms with E-state index >= 15 is 0 Å². The summed E-state index contributed by atoms with van der Waals surface area (Å²) in [5, 5.41) is 0. The molecular weight excluding hydrogens is 228 g/mol. The Hall–Kier alpha value is -1.30. The van der Waals surface area contributed by atoms with Crippen LogP contribution in [0.25, 0.3) is 5.57 Å². The first-order valence-electron chi connectivity index (χ1n) is 7.41. The van der Waals surface area contributed by atoms with E-state index in [4.69, 9.17) is 0 Å². The molecule has 1 aromatic rings. The first-order chi connectivity index (χ1) is 8.90. The topological polar surface area (TPSA) is 0 Å². The van der Waals surface area contributed by atoms with Crippen molar-refractivity contribution in [2.45, 2.75) is 57.8 Å². The highest BCUT2D eigenvalue weighted by atomic mass is 14.4. The van der Waals surface area contributed by atoms with Crippen molar-refractivity contribution in [3.8, 4) is 0 Å². The van der Waals surface area contributed by atoms with Crippen molar-refractivity contribution in [2.75, 3.05) is 0 Å². The van der Waals surface area contributed by atoms with Gasteiger partial charge in [0, 0.05) is 0 Å². The first kappa shape index (κ1) is 12.7. The van der Waals surface area contributed by atoms with Gasteiger partial charge in [0.05, 0.1) is 0 Å². The summed E-state index contributed by atoms with van der Waals surface area (Å²) in [6.45, 7) is 9.56. The summed E-state index contributed by atoms with van der Waals surface area (Å²) in [6.07, 6.45) is 10.3. The maximum Gasteiger partial charge on any atom is -0.00884 e. The summed E-state index contributed by atoms with van der Waals surface area (Å²) in [6, 6.07) is 7.15. The summed E-state index contributed by atoms with van der Waals surface area (Å²) in [5.74, 6) is 0. The van der Waals surface area contributed by atoms with Gasteiger partial charge in [0.2, 0.25) is 0 Å². The van der Waals surface area contributed by atoms with E-state index in [2.05, 4.69) is 64.1 Å². The third kappa shape index (κ3) is 2.08. The van der Waals surface area contributed by atoms with Crippen molar-refractivity contribution in [1.82, 2.24) is 0 Å². The second-order valence-electron chi connectivity index (χ2n) is 7.35. The zero-order valence-electron chi connectivity index (χ0n) is 12.6. The first-order valence-corrected chi connectivity index (χ1v) is 7.41. The van der Waals surface area contributed by atoms with Gasteiger partial charge in [-0.05, 0) is 52.4 Å². The molecule has 0 atom stereocenters. The van der Waals surface area contributed by atoms with E-state index in [0.29, 0.717) is 10.8 Å². The smallest absolute Gasteiger partial charge is 0.00884 e. The van der Waals surface area contributed by atoms with E-state index < -0.39 is 0 Å². The van der Waals surface area contributed by atoms with Gasteiger partial charge in [0.15, 0.2) is 0 Å². The lowest BCUT2D eigenvalue weighted by atomic mass is 9.63. The Labute approximate surface area is 117 Å². The predicted molar refractivity (Wildman–Crippen MR) is 83.5 cm³/mol. The Balaban J connectivity index is 2.12. The standard InChI is InChI=1S/C19H24/c1-18(2)11-12-19(3,4)17-13-15(9-10-16(17)18)14-7-5-6-8-14/h5-7,9-10,13H,8,11-12H2,1-4H3. The molecular formula is C19H24. The van der Waals surface area contributed by atoms with Gasteiger partial charge >= 0.3 is 0 Å². The van der Waals surface area contributed by atoms with Crippen molar-refractivity contribution < 1.29 is 0 Å². The second-order valence-corrected chi connectivity index (χ2v) is 7.35. The monoisotopic (exact) mass is 252 g/mol. The fraction of sp³-hybridized carbons (Fsp3) is 0.474. The van der Waals surface area contributed by atoms with Gasteiger partial charge in [-0.3, -0.25) is 0 Å². The molecule has 0 bridgehead atoms. The number of fused-ring (bicyclic) bond motifs is 1. The number of hydrogen-bond acceptors (Lipinski definition) is 0. The van der Waals surface area contributed by atoms with Crippen molar-refractivity contribution in [3.63, 3.8) is 0 Å². The lowest BCUT2D eigenvalue weighted by molar-refractivity contribution is 0.332. The van der Waals surface area contributed by atoms with Crippen LogP contribution in [0.5, 0.6) is 0 Å². The summed E-state index contributed by atoms with van der Waals surface area (Å²) < 4.78 is 0. The largest absolute Gasteiger partial charge is 0.0801 e. The third-order valence-electron chi connectivity index (χ3n) is 4.99. The molecule has 0 radical (unpaired) electrons. The molecule has 3 rings (SSSR count). The van der Waals surface area contributed by atoms with E-state index in [1.807, 2.05) is 0 Å². The number of allylic oxidation sites excluding steroid dienone is 4. The maximum absolute atomic E-state index is 2.45. The Morgan fingerprint density at radius 3 is 2.21 bits per heavy atom. The average Bonchev–Trinajstić information content (AvgIpc) is 2.89. The van der Waals surface area contributed by atoms with Crippen LogP contribution in [-0.2, 0) is 10.8 Å². The third-order valence-corrected chi connectivity index (χ3v) is 4.99. The van der Waals surface area contributed by atoms with Crippen molar-refractivity contribution >= 4 is 5.57 Å². The Morgan fingerprint density at radius 1 is 0.895 bits per heavy atom. The van der Waals surface area contributed by atoms with Gasteiger partial charge in [0.1, 0.15) is 0 Å². The number of benzene rings is 1. The van der Waals surface area contributed by atoms with Crippen molar-refractivity contribution in [1.29, 1.82) is 0 Å². The summed E-state index contributed by atoms with van der Waals surface area (Å²) in [4.78, 5) is 0. The molecule has 19 heavy (non-hydrogen) atoms.